The molecule has 2 rings (SSSR count). The summed E-state index contributed by atoms with van der Waals surface area (Å²) in [6, 6.07) is 9.84. The highest BCUT2D eigenvalue weighted by Gasteiger charge is 2.31. The Morgan fingerprint density at radius 2 is 1.86 bits per heavy atom. The molecule has 0 aromatic heterocycles. The van der Waals surface area contributed by atoms with Crippen LogP contribution in [0.1, 0.15) is 5.56 Å². The van der Waals surface area contributed by atoms with E-state index in [-0.39, 0.29) is 11.3 Å². The predicted octanol–water partition coefficient (Wildman–Crippen LogP) is 4.11. The van der Waals surface area contributed by atoms with E-state index < -0.39 is 12.2 Å². The third-order valence-corrected chi connectivity index (χ3v) is 2.79. The van der Waals surface area contributed by atoms with Crippen molar-refractivity contribution in [3.05, 3.63) is 53.8 Å². The molecule has 0 unspecified atom stereocenters. The van der Waals surface area contributed by atoms with Crippen LogP contribution in [0.25, 0.3) is 11.1 Å². The average Bonchev–Trinajstić information content (AvgIpc) is 2.37. The molecule has 0 fully saturated rings. The van der Waals surface area contributed by atoms with Crippen LogP contribution in [0, 0.1) is 5.82 Å². The van der Waals surface area contributed by atoms with Crippen LogP contribution in [0.5, 0.6) is 5.75 Å². The second-order valence-electron chi connectivity index (χ2n) is 4.42. The molecule has 0 atom stereocenters. The van der Waals surface area contributed by atoms with Gasteiger partial charge in [0.2, 0.25) is 0 Å². The largest absolute Gasteiger partial charge is 0.573 e. The van der Waals surface area contributed by atoms with Crippen LogP contribution in [-0.2, 0) is 6.54 Å². The van der Waals surface area contributed by atoms with Crippen molar-refractivity contribution < 1.29 is 22.3 Å². The fourth-order valence-electron chi connectivity index (χ4n) is 1.97. The lowest BCUT2D eigenvalue weighted by molar-refractivity contribution is -0.274. The Morgan fingerprint density at radius 1 is 1.10 bits per heavy atom. The standard InChI is InChI=1S/C15H13F4NO/c1-20-9-10-5-6-13(14(16)7-10)11-3-2-4-12(8-11)21-15(17,18)19/h2-8,20H,9H2,1H3. The van der Waals surface area contributed by atoms with Crippen molar-refractivity contribution in [2.45, 2.75) is 12.9 Å². The van der Waals surface area contributed by atoms with Gasteiger partial charge in [-0.25, -0.2) is 4.39 Å². The zero-order chi connectivity index (χ0) is 15.5. The summed E-state index contributed by atoms with van der Waals surface area (Å²) in [6.45, 7) is 0.508. The van der Waals surface area contributed by atoms with Crippen LogP contribution in [0.4, 0.5) is 17.6 Å². The smallest absolute Gasteiger partial charge is 0.406 e. The first-order chi connectivity index (χ1) is 9.89. The normalized spacial score (nSPS) is 11.5. The maximum Gasteiger partial charge on any atom is 0.573 e. The molecule has 21 heavy (non-hydrogen) atoms. The van der Waals surface area contributed by atoms with Gasteiger partial charge in [0, 0.05) is 12.1 Å². The zero-order valence-corrected chi connectivity index (χ0v) is 11.2. The molecule has 0 bridgehead atoms. The van der Waals surface area contributed by atoms with E-state index in [1.165, 1.54) is 30.3 Å². The summed E-state index contributed by atoms with van der Waals surface area (Å²) in [4.78, 5) is 0. The first kappa shape index (κ1) is 15.3. The van der Waals surface area contributed by atoms with Gasteiger partial charge in [-0.2, -0.15) is 0 Å². The molecule has 2 aromatic rings. The number of halogens is 4. The zero-order valence-electron chi connectivity index (χ0n) is 11.2. The highest BCUT2D eigenvalue weighted by molar-refractivity contribution is 5.66. The molecule has 2 aromatic carbocycles. The van der Waals surface area contributed by atoms with E-state index in [9.17, 15) is 17.6 Å². The van der Waals surface area contributed by atoms with Crippen LogP contribution >= 0.6 is 0 Å². The SMILES string of the molecule is CNCc1ccc(-c2cccc(OC(F)(F)F)c2)c(F)c1. The van der Waals surface area contributed by atoms with E-state index in [1.807, 2.05) is 0 Å². The Bertz CT molecular complexity index is 625. The fraction of sp³-hybridized carbons (Fsp3) is 0.200. The lowest BCUT2D eigenvalue weighted by atomic mass is 10.0. The second-order valence-corrected chi connectivity index (χ2v) is 4.42. The highest BCUT2D eigenvalue weighted by atomic mass is 19.4. The summed E-state index contributed by atoms with van der Waals surface area (Å²) in [5.41, 5.74) is 1.30. The number of hydrogen-bond acceptors (Lipinski definition) is 2. The average molecular weight is 299 g/mol. The Hall–Kier alpha value is -2.08. The third-order valence-electron chi connectivity index (χ3n) is 2.79. The molecule has 0 aliphatic rings. The van der Waals surface area contributed by atoms with E-state index >= 15 is 0 Å². The number of alkyl halides is 3. The Kier molecular flexibility index (Phi) is 4.47. The van der Waals surface area contributed by atoms with Crippen molar-refractivity contribution in [2.24, 2.45) is 0 Å². The lowest BCUT2D eigenvalue weighted by Crippen LogP contribution is -2.17. The van der Waals surface area contributed by atoms with E-state index in [0.29, 0.717) is 12.1 Å². The van der Waals surface area contributed by atoms with Gasteiger partial charge in [0.1, 0.15) is 11.6 Å². The molecule has 1 N–H and O–H groups in total. The maximum absolute atomic E-state index is 14.0. The quantitative estimate of drug-likeness (QED) is 0.858. The molecule has 2 nitrogen and oxygen atoms in total. The van der Waals surface area contributed by atoms with Crippen molar-refractivity contribution in [3.8, 4) is 16.9 Å². The monoisotopic (exact) mass is 299 g/mol. The fourth-order valence-corrected chi connectivity index (χ4v) is 1.97. The minimum atomic E-state index is -4.77. The van der Waals surface area contributed by atoms with Gasteiger partial charge in [0.05, 0.1) is 0 Å². The predicted molar refractivity (Wildman–Crippen MR) is 71.3 cm³/mol. The molecule has 0 aliphatic heterocycles. The Balaban J connectivity index is 2.32. The van der Waals surface area contributed by atoms with Gasteiger partial charge >= 0.3 is 6.36 Å². The Morgan fingerprint density at radius 3 is 2.48 bits per heavy atom. The van der Waals surface area contributed by atoms with Gasteiger partial charge in [-0.05, 0) is 36.4 Å². The van der Waals surface area contributed by atoms with Gasteiger partial charge < -0.3 is 10.1 Å². The minimum Gasteiger partial charge on any atom is -0.406 e. The first-order valence-electron chi connectivity index (χ1n) is 6.18. The van der Waals surface area contributed by atoms with E-state index in [0.717, 1.165) is 11.6 Å². The molecule has 0 saturated carbocycles. The van der Waals surface area contributed by atoms with Gasteiger partial charge in [-0.1, -0.05) is 24.3 Å². The van der Waals surface area contributed by atoms with E-state index in [2.05, 4.69) is 10.1 Å². The summed E-state index contributed by atoms with van der Waals surface area (Å²) in [5.74, 6) is -0.870. The van der Waals surface area contributed by atoms with Crippen LogP contribution in [-0.4, -0.2) is 13.4 Å². The number of ether oxygens (including phenoxy) is 1. The number of hydrogen-bond donors (Lipinski definition) is 1. The maximum atomic E-state index is 14.0. The molecule has 0 radical (unpaired) electrons. The van der Waals surface area contributed by atoms with Gasteiger partial charge in [-0.3, -0.25) is 0 Å². The number of rotatable bonds is 4. The van der Waals surface area contributed by atoms with Gasteiger partial charge in [0.25, 0.3) is 0 Å². The summed E-state index contributed by atoms with van der Waals surface area (Å²) in [7, 11) is 1.74. The summed E-state index contributed by atoms with van der Waals surface area (Å²) >= 11 is 0. The topological polar surface area (TPSA) is 21.3 Å². The number of nitrogens with one attached hydrogen (secondary N) is 1. The van der Waals surface area contributed by atoms with Crippen LogP contribution in [0.2, 0.25) is 0 Å². The molecule has 0 heterocycles. The van der Waals surface area contributed by atoms with Gasteiger partial charge in [0.15, 0.2) is 0 Å². The molecular weight excluding hydrogens is 286 g/mol. The van der Waals surface area contributed by atoms with Crippen molar-refractivity contribution in [1.82, 2.24) is 5.32 Å². The van der Waals surface area contributed by atoms with Crippen LogP contribution in [0.15, 0.2) is 42.5 Å². The van der Waals surface area contributed by atoms with Gasteiger partial charge in [-0.15, -0.1) is 13.2 Å². The summed E-state index contributed by atoms with van der Waals surface area (Å²) in [5, 5.41) is 2.89. The number of benzene rings is 2. The second kappa shape index (κ2) is 6.13. The van der Waals surface area contributed by atoms with Crippen LogP contribution in [0.3, 0.4) is 0 Å². The van der Waals surface area contributed by atoms with Crippen LogP contribution < -0.4 is 10.1 Å². The molecule has 0 spiro atoms. The van der Waals surface area contributed by atoms with Crippen molar-refractivity contribution in [3.63, 3.8) is 0 Å². The highest BCUT2D eigenvalue weighted by Crippen LogP contribution is 2.29. The molecule has 6 heteroatoms. The summed E-state index contributed by atoms with van der Waals surface area (Å²) in [6.07, 6.45) is -4.77. The van der Waals surface area contributed by atoms with E-state index in [1.54, 1.807) is 13.1 Å². The summed E-state index contributed by atoms with van der Waals surface area (Å²) < 4.78 is 54.4. The third kappa shape index (κ3) is 4.19. The van der Waals surface area contributed by atoms with Crippen molar-refractivity contribution in [2.75, 3.05) is 7.05 Å². The molecule has 0 aliphatic carbocycles. The molecular formula is C15H13F4NO. The Labute approximate surface area is 119 Å². The molecule has 112 valence electrons. The lowest BCUT2D eigenvalue weighted by Gasteiger charge is -2.11. The molecule has 0 saturated heterocycles. The van der Waals surface area contributed by atoms with E-state index in [4.69, 9.17) is 0 Å². The molecule has 0 amide bonds. The first-order valence-corrected chi connectivity index (χ1v) is 6.18. The minimum absolute atomic E-state index is 0.225. The van der Waals surface area contributed by atoms with Crippen molar-refractivity contribution >= 4 is 0 Å². The van der Waals surface area contributed by atoms with Crippen molar-refractivity contribution in [1.29, 1.82) is 0 Å².